The molecule has 1 amide bonds. The van der Waals surface area contributed by atoms with Crippen LogP contribution in [0, 0.1) is 24.6 Å². The third-order valence-corrected chi connectivity index (χ3v) is 6.65. The van der Waals surface area contributed by atoms with Gasteiger partial charge in [-0.1, -0.05) is 12.1 Å². The zero-order valence-corrected chi connectivity index (χ0v) is 17.9. The molecule has 1 aromatic carbocycles. The van der Waals surface area contributed by atoms with E-state index in [2.05, 4.69) is 29.2 Å². The fourth-order valence-electron chi connectivity index (χ4n) is 5.20. The van der Waals surface area contributed by atoms with Crippen molar-refractivity contribution >= 4 is 12.4 Å². The molecule has 0 aliphatic carbocycles. The third-order valence-electron chi connectivity index (χ3n) is 6.65. The topological polar surface area (TPSA) is 82.1 Å². The van der Waals surface area contributed by atoms with E-state index >= 15 is 0 Å². The van der Waals surface area contributed by atoms with Crippen LogP contribution in [0.3, 0.4) is 0 Å². The van der Waals surface area contributed by atoms with Gasteiger partial charge in [0.25, 0.3) is 12.4 Å². The number of likely N-dealkylation sites (tertiary alicyclic amines) is 1. The minimum atomic E-state index is -0.425. The number of likely N-dealkylation sites (N-methyl/N-ethyl adjacent to an activating group) is 1. The number of rotatable bonds is 6. The predicted molar refractivity (Wildman–Crippen MR) is 111 cm³/mol. The molecule has 30 heavy (non-hydrogen) atoms. The molecule has 3 aliphatic heterocycles. The summed E-state index contributed by atoms with van der Waals surface area (Å²) in [5.41, 5.74) is 0.603. The first-order chi connectivity index (χ1) is 14.3. The van der Waals surface area contributed by atoms with E-state index < -0.39 is 5.82 Å². The lowest BCUT2D eigenvalue weighted by Crippen LogP contribution is -2.42. The molecule has 3 saturated heterocycles. The Hall–Kier alpha value is -2.03. The fourth-order valence-corrected chi connectivity index (χ4v) is 5.20. The average molecular weight is 422 g/mol. The summed E-state index contributed by atoms with van der Waals surface area (Å²) in [6.45, 7) is 6.11. The van der Waals surface area contributed by atoms with Crippen molar-refractivity contribution in [3.05, 3.63) is 35.1 Å². The Labute approximate surface area is 177 Å². The van der Waals surface area contributed by atoms with Gasteiger partial charge >= 0.3 is 0 Å². The maximum atomic E-state index is 14.2. The van der Waals surface area contributed by atoms with E-state index in [1.54, 1.807) is 25.1 Å². The zero-order valence-electron chi connectivity index (χ0n) is 17.9. The van der Waals surface area contributed by atoms with Crippen molar-refractivity contribution in [1.82, 2.24) is 15.1 Å². The molecule has 3 heterocycles. The van der Waals surface area contributed by atoms with Gasteiger partial charge < -0.3 is 20.1 Å². The summed E-state index contributed by atoms with van der Waals surface area (Å²) in [5, 5.41) is 9.87. The highest BCUT2D eigenvalue weighted by Crippen LogP contribution is 2.54. The van der Waals surface area contributed by atoms with E-state index in [9.17, 15) is 9.18 Å². The highest BCUT2D eigenvalue weighted by Gasteiger charge is 2.62. The first kappa shape index (κ1) is 22.7. The lowest BCUT2D eigenvalue weighted by molar-refractivity contribution is -0.122. The van der Waals surface area contributed by atoms with Crippen molar-refractivity contribution < 1.29 is 23.8 Å². The van der Waals surface area contributed by atoms with Crippen molar-refractivity contribution in [3.63, 3.8) is 0 Å². The summed E-state index contributed by atoms with van der Waals surface area (Å²) in [4.78, 5) is 25.6. The second-order valence-corrected chi connectivity index (χ2v) is 8.82. The Morgan fingerprint density at radius 1 is 1.47 bits per heavy atom. The van der Waals surface area contributed by atoms with Crippen molar-refractivity contribution in [2.75, 3.05) is 46.8 Å². The van der Waals surface area contributed by atoms with Gasteiger partial charge in [-0.2, -0.15) is 0 Å². The molecule has 0 unspecified atom stereocenters. The number of carbonyl (C=O) groups is 2. The monoisotopic (exact) mass is 421 g/mol. The zero-order chi connectivity index (χ0) is 21.9. The Morgan fingerprint density at radius 2 is 2.20 bits per heavy atom. The van der Waals surface area contributed by atoms with Gasteiger partial charge in [0.05, 0.1) is 17.3 Å². The van der Waals surface area contributed by atoms with Crippen LogP contribution in [0.5, 0.6) is 0 Å². The van der Waals surface area contributed by atoms with Crippen LogP contribution in [-0.4, -0.2) is 85.8 Å². The molecule has 3 aliphatic rings. The Kier molecular flexibility index (Phi) is 7.10. The number of nitrogens with zero attached hydrogens (tertiary/aromatic N) is 2. The Balaban J connectivity index is 0.000000806. The van der Waals surface area contributed by atoms with Crippen LogP contribution in [-0.2, 0) is 9.53 Å². The van der Waals surface area contributed by atoms with Gasteiger partial charge in [-0.15, -0.1) is 0 Å². The van der Waals surface area contributed by atoms with Gasteiger partial charge in [-0.05, 0) is 45.5 Å². The average Bonchev–Trinajstić information content (AvgIpc) is 3.35. The number of halogens is 1. The van der Waals surface area contributed by atoms with E-state index in [-0.39, 0.29) is 29.6 Å². The van der Waals surface area contributed by atoms with E-state index in [1.165, 1.54) is 0 Å². The maximum Gasteiger partial charge on any atom is 0.290 e. The smallest absolute Gasteiger partial charge is 0.290 e. The Morgan fingerprint density at radius 3 is 2.90 bits per heavy atom. The van der Waals surface area contributed by atoms with Gasteiger partial charge in [-0.25, -0.2) is 4.39 Å². The second kappa shape index (κ2) is 9.41. The van der Waals surface area contributed by atoms with Gasteiger partial charge in [0.1, 0.15) is 5.82 Å². The van der Waals surface area contributed by atoms with Crippen molar-refractivity contribution in [3.8, 4) is 0 Å². The van der Waals surface area contributed by atoms with Crippen LogP contribution in [0.1, 0.15) is 28.8 Å². The molecular formula is C22H32FN3O4. The molecule has 0 radical (unpaired) electrons. The van der Waals surface area contributed by atoms with E-state index in [4.69, 9.17) is 14.6 Å². The highest BCUT2D eigenvalue weighted by molar-refractivity contribution is 5.94. The number of ether oxygens (including phenoxy) is 1. The third kappa shape index (κ3) is 4.50. The van der Waals surface area contributed by atoms with E-state index in [0.717, 1.165) is 39.0 Å². The molecule has 1 spiro atoms. The molecule has 0 aromatic heterocycles. The molecule has 166 valence electrons. The number of hydrogen-bond donors (Lipinski definition) is 2. The SMILES string of the molecule is Cc1cccc(C(=O)NC[C@H]2[C@H]3CN(CCN(C)C)C[C@]34CC[C@H]2O4)c1F.O=CO. The molecule has 8 heteroatoms. The lowest BCUT2D eigenvalue weighted by Gasteiger charge is -2.29. The number of carboxylic acid groups (broad SMARTS) is 1. The summed E-state index contributed by atoms with van der Waals surface area (Å²) in [7, 11) is 4.19. The van der Waals surface area contributed by atoms with Gasteiger partial charge in [0.15, 0.2) is 0 Å². The molecule has 2 N–H and O–H groups in total. The molecule has 3 fully saturated rings. The van der Waals surface area contributed by atoms with Crippen molar-refractivity contribution in [1.29, 1.82) is 0 Å². The summed E-state index contributed by atoms with van der Waals surface area (Å²) >= 11 is 0. The number of benzene rings is 1. The Bertz CT molecular complexity index is 775. The minimum Gasteiger partial charge on any atom is -0.483 e. The standard InChI is InChI=1S/C21H30FN3O2.CH2O2/c1-14-5-4-6-15(19(14)22)20(26)23-11-16-17-12-25(10-9-24(2)3)13-21(17)8-7-18(16)27-21;2-1-3/h4-6,16-18H,7-13H2,1-3H3,(H,23,26);1H,(H,2,3)/t16-,17+,18+,21+;/m0./s1. The van der Waals surface area contributed by atoms with Gasteiger partial charge in [0, 0.05) is 44.6 Å². The fraction of sp³-hybridized carbons (Fsp3) is 0.636. The van der Waals surface area contributed by atoms with Crippen molar-refractivity contribution in [2.45, 2.75) is 31.5 Å². The summed E-state index contributed by atoms with van der Waals surface area (Å²) in [5.74, 6) is 0.0304. The van der Waals surface area contributed by atoms with E-state index in [0.29, 0.717) is 23.9 Å². The molecular weight excluding hydrogens is 389 g/mol. The maximum absolute atomic E-state index is 14.2. The summed E-state index contributed by atoms with van der Waals surface area (Å²) < 4.78 is 20.7. The molecule has 1 aromatic rings. The minimum absolute atomic E-state index is 0.0268. The first-order valence-electron chi connectivity index (χ1n) is 10.5. The first-order valence-corrected chi connectivity index (χ1v) is 10.5. The number of amides is 1. The van der Waals surface area contributed by atoms with Crippen LogP contribution in [0.4, 0.5) is 4.39 Å². The number of carbonyl (C=O) groups excluding carboxylic acids is 1. The number of fused-ring (bicyclic) bond motifs is 1. The molecule has 0 saturated carbocycles. The van der Waals surface area contributed by atoms with Crippen LogP contribution in [0.15, 0.2) is 18.2 Å². The molecule has 7 nitrogen and oxygen atoms in total. The van der Waals surface area contributed by atoms with Gasteiger partial charge in [0.2, 0.25) is 0 Å². The van der Waals surface area contributed by atoms with Crippen LogP contribution >= 0.6 is 0 Å². The number of nitrogens with one attached hydrogen (secondary N) is 1. The van der Waals surface area contributed by atoms with Crippen molar-refractivity contribution in [2.24, 2.45) is 11.8 Å². The predicted octanol–water partition coefficient (Wildman–Crippen LogP) is 1.61. The normalized spacial score (nSPS) is 29.4. The highest BCUT2D eigenvalue weighted by atomic mass is 19.1. The molecule has 4 atom stereocenters. The number of aryl methyl sites for hydroxylation is 1. The quantitative estimate of drug-likeness (QED) is 0.679. The number of hydrogen-bond acceptors (Lipinski definition) is 5. The largest absolute Gasteiger partial charge is 0.483 e. The summed E-state index contributed by atoms with van der Waals surface area (Å²) in [6.07, 6.45) is 2.42. The van der Waals surface area contributed by atoms with E-state index in [1.807, 2.05) is 0 Å². The van der Waals surface area contributed by atoms with Crippen LogP contribution in [0.25, 0.3) is 0 Å². The second-order valence-electron chi connectivity index (χ2n) is 8.82. The van der Waals surface area contributed by atoms with Crippen LogP contribution in [0.2, 0.25) is 0 Å². The lowest BCUT2D eigenvalue weighted by atomic mass is 9.73. The molecule has 4 rings (SSSR count). The van der Waals surface area contributed by atoms with Gasteiger partial charge in [-0.3, -0.25) is 14.5 Å². The van der Waals surface area contributed by atoms with Crippen LogP contribution < -0.4 is 5.32 Å². The summed E-state index contributed by atoms with van der Waals surface area (Å²) in [6, 6.07) is 4.96. The molecule has 2 bridgehead atoms.